The van der Waals surface area contributed by atoms with E-state index in [1.807, 2.05) is 0 Å². The molecule has 72 valence electrons. The highest BCUT2D eigenvalue weighted by Crippen LogP contribution is 2.14. The Morgan fingerprint density at radius 2 is 1.92 bits per heavy atom. The Morgan fingerprint density at radius 3 is 2.42 bits per heavy atom. The van der Waals surface area contributed by atoms with Gasteiger partial charge >= 0.3 is 0 Å². The highest BCUT2D eigenvalue weighted by Gasteiger charge is 2.02. The van der Waals surface area contributed by atoms with Crippen LogP contribution in [0.15, 0.2) is 0 Å². The van der Waals surface area contributed by atoms with Crippen LogP contribution >= 0.6 is 0 Å². The molecule has 0 radical (unpaired) electrons. The molecule has 0 aliphatic carbocycles. The quantitative estimate of drug-likeness (QED) is 0.628. The molecule has 0 fully saturated rings. The summed E-state index contributed by atoms with van der Waals surface area (Å²) in [5.74, 6) is 0.585. The van der Waals surface area contributed by atoms with E-state index in [9.17, 15) is 4.79 Å². The number of unbranched alkanes of at least 4 members (excludes halogenated alkanes) is 1. The van der Waals surface area contributed by atoms with Crippen molar-refractivity contribution in [3.05, 3.63) is 0 Å². The lowest BCUT2D eigenvalue weighted by Crippen LogP contribution is -2.10. The zero-order valence-electron chi connectivity index (χ0n) is 8.31. The van der Waals surface area contributed by atoms with Gasteiger partial charge in [0.25, 0.3) is 0 Å². The van der Waals surface area contributed by atoms with Gasteiger partial charge < -0.3 is 5.73 Å². The standard InChI is InChI=1S/C10H21NO/c1-3-4-6-9(2)7-5-8-10(11)12/h9H,3-8H2,1-2H3,(H2,11,12)/t9-/m0/s1. The molecule has 0 unspecified atom stereocenters. The maximum atomic E-state index is 10.4. The second kappa shape index (κ2) is 7.14. The summed E-state index contributed by atoms with van der Waals surface area (Å²) in [4.78, 5) is 10.4. The van der Waals surface area contributed by atoms with Crippen molar-refractivity contribution in [2.24, 2.45) is 11.7 Å². The average Bonchev–Trinajstić information content (AvgIpc) is 2.00. The van der Waals surface area contributed by atoms with Gasteiger partial charge in [0.1, 0.15) is 0 Å². The summed E-state index contributed by atoms with van der Waals surface area (Å²) in [5, 5.41) is 0. The Kier molecular flexibility index (Phi) is 6.82. The van der Waals surface area contributed by atoms with Crippen LogP contribution in [0.3, 0.4) is 0 Å². The monoisotopic (exact) mass is 171 g/mol. The predicted molar refractivity (Wildman–Crippen MR) is 51.7 cm³/mol. The van der Waals surface area contributed by atoms with Gasteiger partial charge in [-0.25, -0.2) is 0 Å². The number of carbonyl (C=O) groups excluding carboxylic acids is 1. The van der Waals surface area contributed by atoms with Crippen molar-refractivity contribution in [3.8, 4) is 0 Å². The van der Waals surface area contributed by atoms with Crippen LogP contribution in [0.1, 0.15) is 52.4 Å². The van der Waals surface area contributed by atoms with E-state index in [0.717, 1.165) is 18.8 Å². The molecule has 1 atom stereocenters. The van der Waals surface area contributed by atoms with E-state index >= 15 is 0 Å². The SMILES string of the molecule is CCCC[C@H](C)CCCC(N)=O. The van der Waals surface area contributed by atoms with Crippen molar-refractivity contribution in [1.82, 2.24) is 0 Å². The maximum Gasteiger partial charge on any atom is 0.217 e. The van der Waals surface area contributed by atoms with Crippen LogP contribution in [0.2, 0.25) is 0 Å². The first-order valence-corrected chi connectivity index (χ1v) is 4.95. The van der Waals surface area contributed by atoms with E-state index in [-0.39, 0.29) is 5.91 Å². The first kappa shape index (κ1) is 11.5. The van der Waals surface area contributed by atoms with E-state index in [1.165, 1.54) is 19.3 Å². The molecule has 0 saturated carbocycles. The molecule has 0 aromatic heterocycles. The zero-order chi connectivity index (χ0) is 9.40. The highest BCUT2D eigenvalue weighted by atomic mass is 16.1. The third-order valence-electron chi connectivity index (χ3n) is 2.17. The minimum atomic E-state index is -0.169. The predicted octanol–water partition coefficient (Wildman–Crippen LogP) is 2.47. The van der Waals surface area contributed by atoms with Crippen LogP contribution in [0.4, 0.5) is 0 Å². The van der Waals surface area contributed by atoms with Gasteiger partial charge in [-0.15, -0.1) is 0 Å². The molecule has 2 N–H and O–H groups in total. The zero-order valence-corrected chi connectivity index (χ0v) is 8.31. The van der Waals surface area contributed by atoms with Crippen molar-refractivity contribution >= 4 is 5.91 Å². The van der Waals surface area contributed by atoms with Gasteiger partial charge in [0, 0.05) is 6.42 Å². The van der Waals surface area contributed by atoms with Crippen LogP contribution in [0.5, 0.6) is 0 Å². The molecule has 0 heterocycles. The van der Waals surface area contributed by atoms with Gasteiger partial charge in [0.05, 0.1) is 0 Å². The van der Waals surface area contributed by atoms with Crippen molar-refractivity contribution in [1.29, 1.82) is 0 Å². The van der Waals surface area contributed by atoms with Crippen LogP contribution in [-0.2, 0) is 4.79 Å². The second-order valence-electron chi connectivity index (χ2n) is 3.61. The molecule has 0 aliphatic rings. The third kappa shape index (κ3) is 7.58. The minimum absolute atomic E-state index is 0.169. The number of hydrogen-bond acceptors (Lipinski definition) is 1. The van der Waals surface area contributed by atoms with E-state index in [1.54, 1.807) is 0 Å². The Hall–Kier alpha value is -0.530. The summed E-state index contributed by atoms with van der Waals surface area (Å²) in [6.45, 7) is 4.45. The molecule has 1 amide bonds. The number of nitrogens with two attached hydrogens (primary N) is 1. The Labute approximate surface area is 75.5 Å². The first-order chi connectivity index (χ1) is 5.66. The summed E-state index contributed by atoms with van der Waals surface area (Å²) in [6.07, 6.45) is 6.51. The van der Waals surface area contributed by atoms with E-state index in [0.29, 0.717) is 6.42 Å². The highest BCUT2D eigenvalue weighted by molar-refractivity contribution is 5.73. The molecule has 0 aromatic carbocycles. The van der Waals surface area contributed by atoms with Crippen LogP contribution in [0, 0.1) is 5.92 Å². The van der Waals surface area contributed by atoms with Crippen LogP contribution < -0.4 is 5.73 Å². The molecule has 0 saturated heterocycles. The second-order valence-corrected chi connectivity index (χ2v) is 3.61. The Balaban J connectivity index is 3.19. The largest absolute Gasteiger partial charge is 0.370 e. The fraction of sp³-hybridized carbons (Fsp3) is 0.900. The minimum Gasteiger partial charge on any atom is -0.370 e. The first-order valence-electron chi connectivity index (χ1n) is 4.95. The number of hydrogen-bond donors (Lipinski definition) is 1. The molecule has 12 heavy (non-hydrogen) atoms. The molecule has 0 spiro atoms. The molecule has 0 aliphatic heterocycles. The summed E-state index contributed by atoms with van der Waals surface area (Å²) in [6, 6.07) is 0. The molecule has 0 bridgehead atoms. The molecule has 0 rings (SSSR count). The van der Waals surface area contributed by atoms with Crippen molar-refractivity contribution < 1.29 is 4.79 Å². The summed E-state index contributed by atoms with van der Waals surface area (Å²) in [7, 11) is 0. The van der Waals surface area contributed by atoms with Gasteiger partial charge in [-0.1, -0.05) is 39.5 Å². The van der Waals surface area contributed by atoms with Crippen molar-refractivity contribution in [2.45, 2.75) is 52.4 Å². The van der Waals surface area contributed by atoms with E-state index in [2.05, 4.69) is 13.8 Å². The topological polar surface area (TPSA) is 43.1 Å². The summed E-state index contributed by atoms with van der Waals surface area (Å²) < 4.78 is 0. The summed E-state index contributed by atoms with van der Waals surface area (Å²) >= 11 is 0. The molecule has 2 heteroatoms. The van der Waals surface area contributed by atoms with Gasteiger partial charge in [-0.2, -0.15) is 0 Å². The molecular formula is C10H21NO. The van der Waals surface area contributed by atoms with Crippen LogP contribution in [0.25, 0.3) is 0 Å². The lowest BCUT2D eigenvalue weighted by atomic mass is 9.98. The Morgan fingerprint density at radius 1 is 1.33 bits per heavy atom. The van der Waals surface area contributed by atoms with Gasteiger partial charge in [-0.05, 0) is 12.3 Å². The maximum absolute atomic E-state index is 10.4. The van der Waals surface area contributed by atoms with Crippen molar-refractivity contribution in [3.63, 3.8) is 0 Å². The lowest BCUT2D eigenvalue weighted by molar-refractivity contribution is -0.118. The van der Waals surface area contributed by atoms with E-state index < -0.39 is 0 Å². The number of amides is 1. The van der Waals surface area contributed by atoms with Gasteiger partial charge in [0.15, 0.2) is 0 Å². The average molecular weight is 171 g/mol. The molecule has 0 aromatic rings. The normalized spacial score (nSPS) is 12.8. The lowest BCUT2D eigenvalue weighted by Gasteiger charge is -2.08. The number of rotatable bonds is 7. The smallest absolute Gasteiger partial charge is 0.217 e. The molecule has 2 nitrogen and oxygen atoms in total. The van der Waals surface area contributed by atoms with Gasteiger partial charge in [0.2, 0.25) is 5.91 Å². The van der Waals surface area contributed by atoms with Crippen molar-refractivity contribution in [2.75, 3.05) is 0 Å². The Bertz CT molecular complexity index is 123. The fourth-order valence-corrected chi connectivity index (χ4v) is 1.32. The van der Waals surface area contributed by atoms with Crippen LogP contribution in [-0.4, -0.2) is 5.91 Å². The number of carbonyl (C=O) groups is 1. The molecular weight excluding hydrogens is 150 g/mol. The third-order valence-corrected chi connectivity index (χ3v) is 2.17. The summed E-state index contributed by atoms with van der Waals surface area (Å²) in [5.41, 5.74) is 5.04. The number of primary amides is 1. The fourth-order valence-electron chi connectivity index (χ4n) is 1.32. The van der Waals surface area contributed by atoms with E-state index in [4.69, 9.17) is 5.73 Å². The van der Waals surface area contributed by atoms with Gasteiger partial charge in [-0.3, -0.25) is 4.79 Å².